The summed E-state index contributed by atoms with van der Waals surface area (Å²) >= 11 is 0. The third-order valence-corrected chi connectivity index (χ3v) is 3.12. The van der Waals surface area contributed by atoms with E-state index in [9.17, 15) is 14.9 Å². The fourth-order valence-corrected chi connectivity index (χ4v) is 1.94. The summed E-state index contributed by atoms with van der Waals surface area (Å²) in [5, 5.41) is 12.1. The van der Waals surface area contributed by atoms with Gasteiger partial charge in [0.25, 0.3) is 5.91 Å². The van der Waals surface area contributed by atoms with Crippen molar-refractivity contribution in [2.75, 3.05) is 25.0 Å². The summed E-state index contributed by atoms with van der Waals surface area (Å²) in [5.41, 5.74) is 1.02. The summed E-state index contributed by atoms with van der Waals surface area (Å²) < 4.78 is 4.91. The summed E-state index contributed by atoms with van der Waals surface area (Å²) in [6, 6.07) is 8.40. The molecule has 0 aromatic heterocycles. The van der Waals surface area contributed by atoms with Crippen LogP contribution >= 0.6 is 0 Å². The van der Waals surface area contributed by atoms with Crippen LogP contribution in [-0.2, 0) is 9.53 Å². The second kappa shape index (κ2) is 10.4. The van der Waals surface area contributed by atoms with E-state index in [0.29, 0.717) is 30.9 Å². The van der Waals surface area contributed by atoms with Crippen molar-refractivity contribution in [1.82, 2.24) is 4.90 Å². The van der Waals surface area contributed by atoms with E-state index in [1.807, 2.05) is 6.07 Å². The first kappa shape index (κ1) is 19.7. The average molecular weight is 339 g/mol. The monoisotopic (exact) mass is 339 g/mol. The topological polar surface area (TPSA) is 82.4 Å². The number of amides is 1. The maximum Gasteiger partial charge on any atom is 0.338 e. The lowest BCUT2D eigenvalue weighted by Crippen LogP contribution is -2.32. The van der Waals surface area contributed by atoms with Gasteiger partial charge in [-0.1, -0.05) is 12.2 Å². The number of esters is 1. The van der Waals surface area contributed by atoms with E-state index < -0.39 is 11.9 Å². The van der Waals surface area contributed by atoms with Crippen molar-refractivity contribution in [3.63, 3.8) is 0 Å². The third kappa shape index (κ3) is 5.99. The molecule has 0 aliphatic carbocycles. The number of ether oxygens (including phenoxy) is 1. The Kier molecular flexibility index (Phi) is 8.24. The molecule has 25 heavy (non-hydrogen) atoms. The molecule has 0 radical (unpaired) electrons. The van der Waals surface area contributed by atoms with E-state index in [2.05, 4.69) is 18.5 Å². The van der Waals surface area contributed by atoms with Crippen LogP contribution in [0, 0.1) is 11.3 Å². The number of hydrogen-bond donors (Lipinski definition) is 1. The molecule has 1 N–H and O–H groups in total. The van der Waals surface area contributed by atoms with Crippen molar-refractivity contribution in [1.29, 1.82) is 5.26 Å². The Balaban J connectivity index is 2.84. The predicted molar refractivity (Wildman–Crippen MR) is 96.7 cm³/mol. The van der Waals surface area contributed by atoms with Gasteiger partial charge in [-0.25, -0.2) is 4.79 Å². The van der Waals surface area contributed by atoms with Crippen LogP contribution in [0.3, 0.4) is 0 Å². The summed E-state index contributed by atoms with van der Waals surface area (Å²) in [5.74, 6) is -0.820. The highest BCUT2D eigenvalue weighted by molar-refractivity contribution is 5.97. The van der Waals surface area contributed by atoms with E-state index >= 15 is 0 Å². The number of hydrogen-bond acceptors (Lipinski definition) is 5. The van der Waals surface area contributed by atoms with Crippen molar-refractivity contribution in [3.05, 3.63) is 66.9 Å². The van der Waals surface area contributed by atoms with E-state index in [1.165, 1.54) is 11.1 Å². The summed E-state index contributed by atoms with van der Waals surface area (Å²) in [4.78, 5) is 25.4. The number of carbonyl (C=O) groups is 2. The highest BCUT2D eigenvalue weighted by Gasteiger charge is 2.16. The van der Waals surface area contributed by atoms with Crippen molar-refractivity contribution < 1.29 is 14.3 Å². The first-order valence-electron chi connectivity index (χ1n) is 7.72. The molecular weight excluding hydrogens is 318 g/mol. The van der Waals surface area contributed by atoms with Crippen LogP contribution in [0.15, 0.2) is 61.3 Å². The summed E-state index contributed by atoms with van der Waals surface area (Å²) in [6.45, 7) is 9.87. The number of anilines is 1. The van der Waals surface area contributed by atoms with Crippen molar-refractivity contribution in [3.8, 4) is 6.07 Å². The largest absolute Gasteiger partial charge is 0.462 e. The lowest BCUT2D eigenvalue weighted by atomic mass is 10.2. The zero-order chi connectivity index (χ0) is 18.7. The van der Waals surface area contributed by atoms with Gasteiger partial charge in [-0.15, -0.1) is 13.2 Å². The number of rotatable bonds is 9. The Morgan fingerprint density at radius 1 is 1.24 bits per heavy atom. The smallest absolute Gasteiger partial charge is 0.338 e. The van der Waals surface area contributed by atoms with Crippen LogP contribution in [-0.4, -0.2) is 36.5 Å². The molecule has 0 saturated carbocycles. The molecule has 0 aliphatic heterocycles. The molecule has 0 saturated heterocycles. The standard InChI is InChI=1S/C19H21N3O3/c1-4-11-22(12-5-2)18(23)16(13-20)14-21-17-9-7-15(8-10-17)19(24)25-6-3/h4-5,7-10,14,21H,1-2,6,11-12H2,3H3/b16-14-. The molecule has 6 heteroatoms. The van der Waals surface area contributed by atoms with E-state index in [-0.39, 0.29) is 5.57 Å². The molecule has 0 aliphatic rings. The second-order valence-corrected chi connectivity index (χ2v) is 4.90. The van der Waals surface area contributed by atoms with E-state index in [1.54, 1.807) is 43.3 Å². The molecule has 0 heterocycles. The Labute approximate surface area is 147 Å². The molecule has 1 rings (SSSR count). The SMILES string of the molecule is C=CCN(CC=C)C(=O)/C(C#N)=C\Nc1ccc(C(=O)OCC)cc1. The maximum atomic E-state index is 12.3. The van der Waals surface area contributed by atoms with Gasteiger partial charge >= 0.3 is 5.97 Å². The Bertz CT molecular complexity index is 690. The minimum atomic E-state index is -0.419. The predicted octanol–water partition coefficient (Wildman–Crippen LogP) is 2.88. The fraction of sp³-hybridized carbons (Fsp3) is 0.211. The van der Waals surface area contributed by atoms with Crippen LogP contribution in [0.25, 0.3) is 0 Å². The lowest BCUT2D eigenvalue weighted by Gasteiger charge is -2.18. The van der Waals surface area contributed by atoms with Gasteiger partial charge in [-0.2, -0.15) is 5.26 Å². The Morgan fingerprint density at radius 2 is 1.84 bits per heavy atom. The van der Waals surface area contributed by atoms with Gasteiger partial charge in [0.05, 0.1) is 12.2 Å². The molecule has 0 fully saturated rings. The molecule has 130 valence electrons. The minimum absolute atomic E-state index is 0.0434. The number of carbonyl (C=O) groups excluding carboxylic acids is 2. The average Bonchev–Trinajstić information content (AvgIpc) is 2.62. The highest BCUT2D eigenvalue weighted by Crippen LogP contribution is 2.12. The molecule has 0 unspecified atom stereocenters. The first-order valence-corrected chi connectivity index (χ1v) is 7.72. The van der Waals surface area contributed by atoms with Gasteiger partial charge in [-0.3, -0.25) is 4.79 Å². The third-order valence-electron chi connectivity index (χ3n) is 3.12. The number of nitrogens with one attached hydrogen (secondary N) is 1. The van der Waals surface area contributed by atoms with Crippen molar-refractivity contribution in [2.24, 2.45) is 0 Å². The molecule has 0 atom stereocenters. The second-order valence-electron chi connectivity index (χ2n) is 4.90. The van der Waals surface area contributed by atoms with Gasteiger partial charge < -0.3 is 15.0 Å². The Morgan fingerprint density at radius 3 is 2.32 bits per heavy atom. The zero-order valence-corrected chi connectivity index (χ0v) is 14.2. The first-order chi connectivity index (χ1) is 12.1. The van der Waals surface area contributed by atoms with Crippen molar-refractivity contribution in [2.45, 2.75) is 6.92 Å². The van der Waals surface area contributed by atoms with Crippen molar-refractivity contribution >= 4 is 17.6 Å². The molecule has 6 nitrogen and oxygen atoms in total. The van der Waals surface area contributed by atoms with Crippen LogP contribution in [0.1, 0.15) is 17.3 Å². The van der Waals surface area contributed by atoms with Gasteiger partial charge in [0.15, 0.2) is 0 Å². The van der Waals surface area contributed by atoms with Crippen LogP contribution in [0.2, 0.25) is 0 Å². The molecule has 1 amide bonds. The Hall–Kier alpha value is -3.33. The van der Waals surface area contributed by atoms with Crippen LogP contribution < -0.4 is 5.32 Å². The zero-order valence-electron chi connectivity index (χ0n) is 14.2. The van der Waals surface area contributed by atoms with Crippen LogP contribution in [0.5, 0.6) is 0 Å². The molecule has 0 bridgehead atoms. The van der Waals surface area contributed by atoms with E-state index in [4.69, 9.17) is 4.74 Å². The quantitative estimate of drug-likeness (QED) is 0.324. The molecule has 0 spiro atoms. The van der Waals surface area contributed by atoms with Gasteiger partial charge in [0, 0.05) is 25.0 Å². The molecule has 1 aromatic rings. The minimum Gasteiger partial charge on any atom is -0.462 e. The normalized spacial score (nSPS) is 10.3. The van der Waals surface area contributed by atoms with Gasteiger partial charge in [-0.05, 0) is 31.2 Å². The summed E-state index contributed by atoms with van der Waals surface area (Å²) in [7, 11) is 0. The number of nitriles is 1. The fourth-order valence-electron chi connectivity index (χ4n) is 1.94. The molecular formula is C19H21N3O3. The number of benzene rings is 1. The van der Waals surface area contributed by atoms with E-state index in [0.717, 1.165) is 0 Å². The maximum absolute atomic E-state index is 12.3. The molecule has 1 aromatic carbocycles. The van der Waals surface area contributed by atoms with Crippen LogP contribution in [0.4, 0.5) is 5.69 Å². The van der Waals surface area contributed by atoms with Gasteiger partial charge in [0.1, 0.15) is 11.6 Å². The summed E-state index contributed by atoms with van der Waals surface area (Å²) in [6.07, 6.45) is 4.50. The number of nitrogens with zero attached hydrogens (tertiary/aromatic N) is 2. The highest BCUT2D eigenvalue weighted by atomic mass is 16.5. The lowest BCUT2D eigenvalue weighted by molar-refractivity contribution is -0.125. The van der Waals surface area contributed by atoms with Gasteiger partial charge in [0.2, 0.25) is 0 Å².